The maximum Gasteiger partial charge on any atom is 0.417 e. The minimum atomic E-state index is -4.72. The number of carbonyl (C=O) groups excluding carboxylic acids is 1. The molecule has 0 saturated heterocycles. The van der Waals surface area contributed by atoms with Crippen LogP contribution in [0.1, 0.15) is 42.6 Å². The maximum atomic E-state index is 12.9. The summed E-state index contributed by atoms with van der Waals surface area (Å²) in [5, 5.41) is 0. The third-order valence-corrected chi connectivity index (χ3v) is 2.72. The first kappa shape index (κ1) is 14.7. The molecule has 0 amide bonds. The van der Waals surface area contributed by atoms with E-state index >= 15 is 0 Å². The first-order chi connectivity index (χ1) is 8.27. The van der Waals surface area contributed by atoms with Crippen LogP contribution in [-0.4, -0.2) is 5.78 Å². The maximum absolute atomic E-state index is 12.9. The topological polar surface area (TPSA) is 17.1 Å². The van der Waals surface area contributed by atoms with Crippen molar-refractivity contribution in [3.05, 3.63) is 35.1 Å². The van der Waals surface area contributed by atoms with Crippen molar-refractivity contribution in [3.8, 4) is 0 Å². The van der Waals surface area contributed by atoms with E-state index in [1.807, 2.05) is 6.92 Å². The summed E-state index contributed by atoms with van der Waals surface area (Å²) in [5.41, 5.74) is -1.65. The molecule has 0 heterocycles. The number of hydrogen-bond acceptors (Lipinski definition) is 1. The van der Waals surface area contributed by atoms with E-state index < -0.39 is 34.8 Å². The monoisotopic (exact) mass is 262 g/mol. The highest BCUT2D eigenvalue weighted by molar-refractivity contribution is 5.99. The highest BCUT2D eigenvalue weighted by Crippen LogP contribution is 2.33. The Morgan fingerprint density at radius 1 is 1.33 bits per heavy atom. The van der Waals surface area contributed by atoms with Gasteiger partial charge in [0.05, 0.1) is 5.56 Å². The van der Waals surface area contributed by atoms with Gasteiger partial charge in [-0.05, 0) is 24.6 Å². The van der Waals surface area contributed by atoms with Crippen molar-refractivity contribution in [1.82, 2.24) is 0 Å². The highest BCUT2D eigenvalue weighted by atomic mass is 19.4. The molecule has 100 valence electrons. The van der Waals surface area contributed by atoms with E-state index in [-0.39, 0.29) is 0 Å². The molecule has 0 aliphatic carbocycles. The van der Waals surface area contributed by atoms with E-state index in [0.717, 1.165) is 12.1 Å². The van der Waals surface area contributed by atoms with Crippen LogP contribution in [0.4, 0.5) is 17.6 Å². The predicted molar refractivity (Wildman–Crippen MR) is 59.8 cm³/mol. The van der Waals surface area contributed by atoms with Crippen molar-refractivity contribution < 1.29 is 22.4 Å². The minimum Gasteiger partial charge on any atom is -0.294 e. The molecule has 0 radical (unpaired) electrons. The first-order valence-corrected chi connectivity index (χ1v) is 5.68. The smallest absolute Gasteiger partial charge is 0.294 e. The molecular formula is C13H14F4O. The molecule has 1 unspecified atom stereocenters. The van der Waals surface area contributed by atoms with Crippen LogP contribution in [0.15, 0.2) is 18.2 Å². The Kier molecular flexibility index (Phi) is 4.48. The normalized spacial score (nSPS) is 13.4. The van der Waals surface area contributed by atoms with Gasteiger partial charge in [-0.25, -0.2) is 4.39 Å². The first-order valence-electron chi connectivity index (χ1n) is 5.68. The fourth-order valence-electron chi connectivity index (χ4n) is 1.80. The second-order valence-corrected chi connectivity index (χ2v) is 4.24. The van der Waals surface area contributed by atoms with Gasteiger partial charge in [-0.2, -0.15) is 13.2 Å². The number of rotatable bonds is 4. The molecule has 0 fully saturated rings. The lowest BCUT2D eigenvalue weighted by molar-refractivity contribution is -0.138. The summed E-state index contributed by atoms with van der Waals surface area (Å²) in [6, 6.07) is 2.15. The molecule has 1 rings (SSSR count). The van der Waals surface area contributed by atoms with Gasteiger partial charge in [0, 0.05) is 11.5 Å². The van der Waals surface area contributed by atoms with Crippen LogP contribution >= 0.6 is 0 Å². The molecule has 1 nitrogen and oxygen atoms in total. The van der Waals surface area contributed by atoms with Crippen LogP contribution in [0.25, 0.3) is 0 Å². The van der Waals surface area contributed by atoms with Gasteiger partial charge < -0.3 is 0 Å². The summed E-state index contributed by atoms with van der Waals surface area (Å²) in [7, 11) is 0. The van der Waals surface area contributed by atoms with E-state index in [2.05, 4.69) is 0 Å². The molecule has 1 aromatic rings. The van der Waals surface area contributed by atoms with Crippen LogP contribution in [-0.2, 0) is 6.18 Å². The predicted octanol–water partition coefficient (Wildman–Crippen LogP) is 4.46. The number of carbonyl (C=O) groups is 1. The number of ketones is 1. The Labute approximate surface area is 103 Å². The van der Waals surface area contributed by atoms with Gasteiger partial charge in [-0.3, -0.25) is 4.79 Å². The average molecular weight is 262 g/mol. The van der Waals surface area contributed by atoms with Crippen LogP contribution in [0, 0.1) is 11.7 Å². The SMILES string of the molecule is CCCC(C)C(=O)c1ccc(F)cc1C(F)(F)F. The quantitative estimate of drug-likeness (QED) is 0.578. The lowest BCUT2D eigenvalue weighted by Crippen LogP contribution is -2.18. The summed E-state index contributed by atoms with van der Waals surface area (Å²) in [4.78, 5) is 11.9. The average Bonchev–Trinajstić information content (AvgIpc) is 2.27. The molecule has 0 aliphatic rings. The molecule has 1 aromatic carbocycles. The number of benzene rings is 1. The van der Waals surface area contributed by atoms with Gasteiger partial charge in [-0.15, -0.1) is 0 Å². The van der Waals surface area contributed by atoms with Gasteiger partial charge in [-0.1, -0.05) is 20.3 Å². The molecule has 0 saturated carbocycles. The fourth-order valence-corrected chi connectivity index (χ4v) is 1.80. The summed E-state index contributed by atoms with van der Waals surface area (Å²) in [6.07, 6.45) is -3.51. The van der Waals surface area contributed by atoms with Crippen LogP contribution in [0.3, 0.4) is 0 Å². The van der Waals surface area contributed by atoms with Gasteiger partial charge in [0.2, 0.25) is 0 Å². The molecule has 0 spiro atoms. The lowest BCUT2D eigenvalue weighted by Gasteiger charge is -2.15. The Morgan fingerprint density at radius 2 is 1.94 bits per heavy atom. The zero-order valence-corrected chi connectivity index (χ0v) is 10.1. The number of Topliss-reactive ketones (excluding diaryl/α,β-unsaturated/α-hetero) is 1. The van der Waals surface area contributed by atoms with Gasteiger partial charge in [0.1, 0.15) is 5.82 Å². The lowest BCUT2D eigenvalue weighted by atomic mass is 9.92. The molecule has 5 heteroatoms. The largest absolute Gasteiger partial charge is 0.417 e. The molecule has 0 bridgehead atoms. The summed E-state index contributed by atoms with van der Waals surface area (Å²) in [6.45, 7) is 3.43. The third-order valence-electron chi connectivity index (χ3n) is 2.72. The van der Waals surface area contributed by atoms with Crippen molar-refractivity contribution >= 4 is 5.78 Å². The van der Waals surface area contributed by atoms with E-state index in [4.69, 9.17) is 0 Å². The summed E-state index contributed by atoms with van der Waals surface area (Å²) < 4.78 is 51.0. The van der Waals surface area contributed by atoms with Gasteiger partial charge >= 0.3 is 6.18 Å². The number of hydrogen-bond donors (Lipinski definition) is 0. The van der Waals surface area contributed by atoms with Crippen LogP contribution in [0.2, 0.25) is 0 Å². The molecule has 0 N–H and O–H groups in total. The fraction of sp³-hybridized carbons (Fsp3) is 0.462. The van der Waals surface area contributed by atoms with E-state index in [9.17, 15) is 22.4 Å². The standard InChI is InChI=1S/C13H14F4O/c1-3-4-8(2)12(18)10-6-5-9(14)7-11(10)13(15,16)17/h5-8H,3-4H2,1-2H3. The molecule has 0 aromatic heterocycles. The second kappa shape index (κ2) is 5.50. The van der Waals surface area contributed by atoms with Crippen molar-refractivity contribution in [2.45, 2.75) is 32.9 Å². The van der Waals surface area contributed by atoms with Gasteiger partial charge in [0.25, 0.3) is 0 Å². The number of alkyl halides is 3. The van der Waals surface area contributed by atoms with E-state index in [1.54, 1.807) is 6.92 Å². The molecule has 0 aliphatic heterocycles. The van der Waals surface area contributed by atoms with Crippen LogP contribution in [0.5, 0.6) is 0 Å². The Balaban J connectivity index is 3.20. The Hall–Kier alpha value is -1.39. The van der Waals surface area contributed by atoms with Crippen molar-refractivity contribution in [3.63, 3.8) is 0 Å². The minimum absolute atomic E-state index is 0.367. The van der Waals surface area contributed by atoms with Crippen molar-refractivity contribution in [1.29, 1.82) is 0 Å². The molecule has 18 heavy (non-hydrogen) atoms. The number of halogens is 4. The Bertz CT molecular complexity index is 437. The van der Waals surface area contributed by atoms with E-state index in [1.165, 1.54) is 0 Å². The van der Waals surface area contributed by atoms with Gasteiger partial charge in [0.15, 0.2) is 5.78 Å². The van der Waals surface area contributed by atoms with Crippen molar-refractivity contribution in [2.24, 2.45) is 5.92 Å². The Morgan fingerprint density at radius 3 is 2.44 bits per heavy atom. The second-order valence-electron chi connectivity index (χ2n) is 4.24. The zero-order chi connectivity index (χ0) is 13.9. The summed E-state index contributed by atoms with van der Waals surface area (Å²) in [5.74, 6) is -2.09. The van der Waals surface area contributed by atoms with Crippen molar-refractivity contribution in [2.75, 3.05) is 0 Å². The van der Waals surface area contributed by atoms with Crippen LogP contribution < -0.4 is 0 Å². The molecular weight excluding hydrogens is 248 g/mol. The zero-order valence-electron chi connectivity index (χ0n) is 10.1. The third kappa shape index (κ3) is 3.31. The van der Waals surface area contributed by atoms with E-state index in [0.29, 0.717) is 18.9 Å². The molecule has 1 atom stereocenters. The summed E-state index contributed by atoms with van der Waals surface area (Å²) >= 11 is 0. The highest BCUT2D eigenvalue weighted by Gasteiger charge is 2.36.